The first-order valence-electron chi connectivity index (χ1n) is 9.24. The van der Waals surface area contributed by atoms with Crippen LogP contribution in [0.5, 0.6) is 0 Å². The Bertz CT molecular complexity index is 1330. The Labute approximate surface area is 168 Å². The van der Waals surface area contributed by atoms with E-state index in [2.05, 4.69) is 10.1 Å². The topological polar surface area (TPSA) is 101 Å². The number of carbonyl (C=O) groups excluding carboxylic acids is 2. The van der Waals surface area contributed by atoms with Gasteiger partial charge in [0.25, 0.3) is 5.56 Å². The number of carbonyl (C=O) groups is 2. The molecule has 1 aliphatic heterocycles. The maximum Gasteiger partial charge on any atom is 0.325 e. The summed E-state index contributed by atoms with van der Waals surface area (Å²) in [6.45, 7) is 1.65. The molecule has 8 nitrogen and oxygen atoms in total. The maximum absolute atomic E-state index is 13.2. The van der Waals surface area contributed by atoms with Crippen molar-refractivity contribution in [2.45, 2.75) is 19.3 Å². The van der Waals surface area contributed by atoms with Crippen molar-refractivity contribution in [2.24, 2.45) is 0 Å². The molecule has 3 heterocycles. The highest BCUT2D eigenvalue weighted by molar-refractivity contribution is 6.22. The molecule has 2 aromatic heterocycles. The molecule has 4 aromatic rings. The Kier molecular flexibility index (Phi) is 3.92. The van der Waals surface area contributed by atoms with Crippen LogP contribution in [0, 0.1) is 12.7 Å². The second-order valence-corrected chi connectivity index (χ2v) is 7.06. The molecule has 1 fully saturated rings. The van der Waals surface area contributed by atoms with Crippen LogP contribution in [-0.4, -0.2) is 26.6 Å². The number of hydrogen-bond acceptors (Lipinski definition) is 5. The Balaban J connectivity index is 1.55. The third kappa shape index (κ3) is 2.66. The Morgan fingerprint density at radius 1 is 1.10 bits per heavy atom. The standard InChI is InChI=1S/C21H15FN4O4/c1-11-18(14-10-17(27)25(19(14)28)13-8-6-12(22)7-9-13)20(29)26(24-11)21-23-15-4-2-3-5-16(15)30-21/h2-9,14,24H,10H2,1H3/t14-/m0/s1. The van der Waals surface area contributed by atoms with Gasteiger partial charge in [0.1, 0.15) is 11.3 Å². The molecule has 2 amide bonds. The average Bonchev–Trinajstić information content (AvgIpc) is 3.36. The lowest BCUT2D eigenvalue weighted by Gasteiger charge is -2.14. The number of anilines is 1. The number of aromatic amines is 1. The molecule has 0 unspecified atom stereocenters. The summed E-state index contributed by atoms with van der Waals surface area (Å²) >= 11 is 0. The van der Waals surface area contributed by atoms with Crippen molar-refractivity contribution in [2.75, 3.05) is 4.90 Å². The minimum Gasteiger partial charge on any atom is -0.422 e. The van der Waals surface area contributed by atoms with Crippen molar-refractivity contribution >= 4 is 28.6 Å². The van der Waals surface area contributed by atoms with Crippen LogP contribution in [0.2, 0.25) is 0 Å². The number of aromatic nitrogens is 3. The second-order valence-electron chi connectivity index (χ2n) is 7.06. The Morgan fingerprint density at radius 2 is 1.83 bits per heavy atom. The lowest BCUT2D eigenvalue weighted by Crippen LogP contribution is -2.31. The van der Waals surface area contributed by atoms with Crippen LogP contribution in [0.4, 0.5) is 10.1 Å². The number of amides is 2. The molecule has 0 radical (unpaired) electrons. The predicted molar refractivity (Wildman–Crippen MR) is 105 cm³/mol. The van der Waals surface area contributed by atoms with Crippen molar-refractivity contribution in [1.82, 2.24) is 14.8 Å². The number of nitrogens with zero attached hydrogens (tertiary/aromatic N) is 3. The fraction of sp³-hybridized carbons (Fsp3) is 0.143. The number of halogens is 1. The van der Waals surface area contributed by atoms with E-state index in [0.29, 0.717) is 16.8 Å². The first kappa shape index (κ1) is 18.0. The number of fused-ring (bicyclic) bond motifs is 1. The van der Waals surface area contributed by atoms with Crippen LogP contribution in [-0.2, 0) is 9.59 Å². The van der Waals surface area contributed by atoms with E-state index in [1.807, 2.05) is 0 Å². The second kappa shape index (κ2) is 6.51. The number of aryl methyl sites for hydroxylation is 1. The molecule has 9 heteroatoms. The van der Waals surface area contributed by atoms with Crippen molar-refractivity contribution in [1.29, 1.82) is 0 Å². The zero-order chi connectivity index (χ0) is 21.0. The summed E-state index contributed by atoms with van der Waals surface area (Å²) in [6.07, 6.45) is -0.155. The van der Waals surface area contributed by atoms with Gasteiger partial charge in [0.05, 0.1) is 17.2 Å². The van der Waals surface area contributed by atoms with Gasteiger partial charge in [-0.05, 0) is 43.3 Å². The lowest BCUT2D eigenvalue weighted by atomic mass is 9.98. The Hall–Kier alpha value is -4.01. The number of oxazole rings is 1. The largest absolute Gasteiger partial charge is 0.422 e. The van der Waals surface area contributed by atoms with E-state index in [1.165, 1.54) is 24.3 Å². The summed E-state index contributed by atoms with van der Waals surface area (Å²) < 4.78 is 20.0. The Morgan fingerprint density at radius 3 is 2.57 bits per heavy atom. The number of hydrogen-bond donors (Lipinski definition) is 1. The van der Waals surface area contributed by atoms with Gasteiger partial charge in [-0.3, -0.25) is 19.5 Å². The minimum absolute atomic E-state index is 0.0442. The summed E-state index contributed by atoms with van der Waals surface area (Å²) in [6, 6.07) is 12.2. The molecular weight excluding hydrogens is 391 g/mol. The smallest absolute Gasteiger partial charge is 0.325 e. The summed E-state index contributed by atoms with van der Waals surface area (Å²) in [4.78, 5) is 43.9. The fourth-order valence-electron chi connectivity index (χ4n) is 3.78. The van der Waals surface area contributed by atoms with E-state index >= 15 is 0 Å². The molecule has 5 rings (SSSR count). The first-order valence-corrected chi connectivity index (χ1v) is 9.24. The van der Waals surface area contributed by atoms with Gasteiger partial charge in [-0.15, -0.1) is 0 Å². The van der Waals surface area contributed by atoms with Gasteiger partial charge in [-0.25, -0.2) is 9.29 Å². The normalized spacial score (nSPS) is 16.7. The van der Waals surface area contributed by atoms with E-state index in [1.54, 1.807) is 31.2 Å². The molecule has 1 aliphatic rings. The van der Waals surface area contributed by atoms with E-state index < -0.39 is 29.1 Å². The van der Waals surface area contributed by atoms with Gasteiger partial charge in [-0.2, -0.15) is 9.67 Å². The van der Waals surface area contributed by atoms with Gasteiger partial charge in [-0.1, -0.05) is 12.1 Å². The molecule has 0 aliphatic carbocycles. The van der Waals surface area contributed by atoms with E-state index in [-0.39, 0.29) is 23.7 Å². The van der Waals surface area contributed by atoms with Crippen LogP contribution >= 0.6 is 0 Å². The molecule has 0 bridgehead atoms. The van der Waals surface area contributed by atoms with Crippen LogP contribution in [0.25, 0.3) is 17.1 Å². The minimum atomic E-state index is -0.947. The van der Waals surface area contributed by atoms with Crippen molar-refractivity contribution < 1.29 is 18.4 Å². The van der Waals surface area contributed by atoms with Crippen molar-refractivity contribution in [3.05, 3.63) is 76.0 Å². The summed E-state index contributed by atoms with van der Waals surface area (Å²) in [5.41, 5.74) is 1.48. The zero-order valence-electron chi connectivity index (χ0n) is 15.8. The molecule has 1 atom stereocenters. The quantitative estimate of drug-likeness (QED) is 0.527. The summed E-state index contributed by atoms with van der Waals surface area (Å²) in [7, 11) is 0. The number of imide groups is 1. The monoisotopic (exact) mass is 406 g/mol. The van der Waals surface area contributed by atoms with Gasteiger partial charge in [0, 0.05) is 12.1 Å². The molecule has 1 N–H and O–H groups in total. The molecule has 0 saturated carbocycles. The van der Waals surface area contributed by atoms with Gasteiger partial charge in [0.15, 0.2) is 5.58 Å². The van der Waals surface area contributed by atoms with E-state index in [0.717, 1.165) is 9.58 Å². The van der Waals surface area contributed by atoms with Gasteiger partial charge < -0.3 is 4.42 Å². The molecule has 0 spiro atoms. The van der Waals surface area contributed by atoms with Crippen LogP contribution < -0.4 is 10.5 Å². The highest BCUT2D eigenvalue weighted by Crippen LogP contribution is 2.33. The van der Waals surface area contributed by atoms with Crippen molar-refractivity contribution in [3.8, 4) is 6.01 Å². The van der Waals surface area contributed by atoms with Gasteiger partial charge >= 0.3 is 6.01 Å². The summed E-state index contributed by atoms with van der Waals surface area (Å²) in [5.74, 6) is -2.41. The third-order valence-corrected chi connectivity index (χ3v) is 5.17. The highest BCUT2D eigenvalue weighted by Gasteiger charge is 2.43. The fourth-order valence-corrected chi connectivity index (χ4v) is 3.78. The van der Waals surface area contributed by atoms with Crippen LogP contribution in [0.1, 0.15) is 23.6 Å². The highest BCUT2D eigenvalue weighted by atomic mass is 19.1. The van der Waals surface area contributed by atoms with Gasteiger partial charge in [0.2, 0.25) is 11.8 Å². The molecule has 2 aromatic carbocycles. The molecule has 1 saturated heterocycles. The lowest BCUT2D eigenvalue weighted by molar-refractivity contribution is -0.121. The number of H-pyrrole nitrogens is 1. The number of benzene rings is 2. The van der Waals surface area contributed by atoms with E-state index in [9.17, 15) is 18.8 Å². The number of nitrogens with one attached hydrogen (secondary N) is 1. The molecule has 150 valence electrons. The SMILES string of the molecule is Cc1[nH]n(-c2nc3ccccc3o2)c(=O)c1[C@@H]1CC(=O)N(c2ccc(F)cc2)C1=O. The van der Waals surface area contributed by atoms with Crippen LogP contribution in [0.15, 0.2) is 57.7 Å². The third-order valence-electron chi connectivity index (χ3n) is 5.17. The zero-order valence-corrected chi connectivity index (χ0v) is 15.8. The molecule has 30 heavy (non-hydrogen) atoms. The maximum atomic E-state index is 13.2. The van der Waals surface area contributed by atoms with E-state index in [4.69, 9.17) is 4.42 Å². The number of para-hydroxylation sites is 2. The number of rotatable bonds is 3. The summed E-state index contributed by atoms with van der Waals surface area (Å²) in [5, 5.41) is 2.88. The first-order chi connectivity index (χ1) is 14.4. The average molecular weight is 406 g/mol. The molecular formula is C21H15FN4O4. The predicted octanol–water partition coefficient (Wildman–Crippen LogP) is 2.80. The van der Waals surface area contributed by atoms with Crippen molar-refractivity contribution in [3.63, 3.8) is 0 Å². The van der Waals surface area contributed by atoms with Crippen LogP contribution in [0.3, 0.4) is 0 Å².